The van der Waals surface area contributed by atoms with E-state index in [1.165, 1.54) is 66.1 Å². The fourth-order valence-corrected chi connectivity index (χ4v) is 10.4. The van der Waals surface area contributed by atoms with Crippen LogP contribution >= 0.6 is 0 Å². The Balaban J connectivity index is 0.000000199. The van der Waals surface area contributed by atoms with Crippen molar-refractivity contribution >= 4 is 21.5 Å². The number of aromatic nitrogens is 6. The maximum absolute atomic E-state index is 5.22. The van der Waals surface area contributed by atoms with Crippen LogP contribution in [0, 0.1) is 20.8 Å². The molecule has 0 aliphatic heterocycles. The van der Waals surface area contributed by atoms with Crippen LogP contribution in [0.5, 0.6) is 0 Å². The van der Waals surface area contributed by atoms with Gasteiger partial charge < -0.3 is 0 Å². The summed E-state index contributed by atoms with van der Waals surface area (Å²) < 4.78 is 0. The molecular weight excluding hydrogens is 985 g/mol. The van der Waals surface area contributed by atoms with Crippen LogP contribution in [0.3, 0.4) is 0 Å². The van der Waals surface area contributed by atoms with E-state index < -0.39 is 0 Å². The highest BCUT2D eigenvalue weighted by atomic mass is 15.0. The van der Waals surface area contributed by atoms with Crippen LogP contribution in [0.2, 0.25) is 0 Å². The minimum atomic E-state index is 0.0537. The van der Waals surface area contributed by atoms with Crippen LogP contribution in [0.15, 0.2) is 188 Å². The van der Waals surface area contributed by atoms with Gasteiger partial charge in [0.05, 0.1) is 0 Å². The van der Waals surface area contributed by atoms with Crippen molar-refractivity contribution in [3.8, 4) is 79.5 Å². The molecule has 9 aromatic carbocycles. The van der Waals surface area contributed by atoms with E-state index in [1.54, 1.807) is 0 Å². The Hall–Kier alpha value is -8.48. The first-order valence-electron chi connectivity index (χ1n) is 28.4. The van der Waals surface area contributed by atoms with E-state index in [0.717, 1.165) is 38.9 Å². The van der Waals surface area contributed by atoms with Gasteiger partial charge in [0.25, 0.3) is 0 Å². The van der Waals surface area contributed by atoms with Crippen molar-refractivity contribution in [2.75, 3.05) is 0 Å². The zero-order valence-corrected chi connectivity index (χ0v) is 50.1. The van der Waals surface area contributed by atoms with Crippen LogP contribution < -0.4 is 0 Å². The van der Waals surface area contributed by atoms with Gasteiger partial charge in [-0.1, -0.05) is 282 Å². The molecule has 81 heavy (non-hydrogen) atoms. The molecule has 11 rings (SSSR count). The molecular formula is C75H76N6. The van der Waals surface area contributed by atoms with Crippen molar-refractivity contribution in [3.05, 3.63) is 227 Å². The summed E-state index contributed by atoms with van der Waals surface area (Å²) in [6, 6.07) is 66.8. The molecule has 2 aromatic heterocycles. The summed E-state index contributed by atoms with van der Waals surface area (Å²) in [4.78, 5) is 30.1. The highest BCUT2D eigenvalue weighted by Gasteiger charge is 2.23. The molecule has 11 aromatic rings. The van der Waals surface area contributed by atoms with Crippen LogP contribution in [0.4, 0.5) is 0 Å². The van der Waals surface area contributed by atoms with Gasteiger partial charge in [-0.3, -0.25) is 0 Å². The quantitative estimate of drug-likeness (QED) is 0.148. The molecule has 6 heteroatoms. The van der Waals surface area contributed by atoms with Gasteiger partial charge in [-0.15, -0.1) is 0 Å². The number of aryl methyl sites for hydroxylation is 3. The number of fused-ring (bicyclic) bond motifs is 2. The molecule has 0 saturated carbocycles. The Kier molecular flexibility index (Phi) is 15.1. The molecule has 0 aliphatic carbocycles. The summed E-state index contributed by atoms with van der Waals surface area (Å²) in [6.07, 6.45) is 0. The van der Waals surface area contributed by atoms with Crippen molar-refractivity contribution in [2.45, 2.75) is 126 Å². The first-order valence-corrected chi connectivity index (χ1v) is 28.4. The van der Waals surface area contributed by atoms with Gasteiger partial charge in [0.15, 0.2) is 34.9 Å². The second-order valence-electron chi connectivity index (χ2n) is 25.9. The Labute approximate surface area is 481 Å². The monoisotopic (exact) mass is 1060 g/mol. The molecule has 0 aliphatic rings. The highest BCUT2D eigenvalue weighted by Crippen LogP contribution is 2.44. The first-order chi connectivity index (χ1) is 38.4. The third-order valence-corrected chi connectivity index (χ3v) is 15.5. The minimum Gasteiger partial charge on any atom is -0.208 e. The van der Waals surface area contributed by atoms with E-state index in [1.807, 2.05) is 30.3 Å². The van der Waals surface area contributed by atoms with Crippen molar-refractivity contribution in [1.29, 1.82) is 0 Å². The summed E-state index contributed by atoms with van der Waals surface area (Å²) >= 11 is 0. The lowest BCUT2D eigenvalue weighted by Gasteiger charge is -2.20. The van der Waals surface area contributed by atoms with E-state index in [2.05, 4.69) is 262 Å². The fraction of sp³-hybridized carbons (Fsp3) is 0.253. The molecule has 406 valence electrons. The molecule has 0 radical (unpaired) electrons. The van der Waals surface area contributed by atoms with Crippen LogP contribution in [-0.2, 0) is 21.7 Å². The third-order valence-electron chi connectivity index (χ3n) is 15.5. The van der Waals surface area contributed by atoms with Gasteiger partial charge in [0.1, 0.15) is 0 Å². The van der Waals surface area contributed by atoms with E-state index in [-0.39, 0.29) is 21.7 Å². The van der Waals surface area contributed by atoms with Gasteiger partial charge in [-0.25, -0.2) is 29.9 Å². The van der Waals surface area contributed by atoms with Crippen LogP contribution in [0.1, 0.15) is 122 Å². The summed E-state index contributed by atoms with van der Waals surface area (Å²) in [5.74, 6) is 4.06. The van der Waals surface area contributed by atoms with Gasteiger partial charge in [-0.05, 0) is 103 Å². The second kappa shape index (κ2) is 21.9. The zero-order chi connectivity index (χ0) is 57.6. The number of nitrogens with zero attached hydrogens (tertiary/aromatic N) is 6. The molecule has 0 N–H and O–H groups in total. The van der Waals surface area contributed by atoms with Crippen molar-refractivity contribution < 1.29 is 0 Å². The zero-order valence-electron chi connectivity index (χ0n) is 50.1. The lowest BCUT2D eigenvalue weighted by Crippen LogP contribution is -2.11. The van der Waals surface area contributed by atoms with Crippen molar-refractivity contribution in [3.63, 3.8) is 0 Å². The van der Waals surface area contributed by atoms with Gasteiger partial charge >= 0.3 is 0 Å². The molecule has 0 spiro atoms. The molecule has 0 atom stereocenters. The van der Waals surface area contributed by atoms with Crippen LogP contribution in [0.25, 0.3) is 101 Å². The Morgan fingerprint density at radius 1 is 0.247 bits per heavy atom. The van der Waals surface area contributed by atoms with Gasteiger partial charge in [-0.2, -0.15) is 0 Å². The lowest BCUT2D eigenvalue weighted by molar-refractivity contribution is 0.590. The maximum atomic E-state index is 5.22. The molecule has 6 nitrogen and oxygen atoms in total. The van der Waals surface area contributed by atoms with Gasteiger partial charge in [0, 0.05) is 33.4 Å². The number of benzene rings is 9. The standard InChI is InChI=1S/C46H45N3.C29H31N3/c1-28-15-25-37-39(26-28)30(3)35-24-14-29(2)27-40(35)41(37)36-12-10-11-13-38(36)44-48-42(31-16-20-33(21-17-31)45(4,5)6)47-43(49-44)32-18-22-34(23-19-32)46(7,8)9;1-28(2,3)23-16-12-21(13-17-23)26-30-25(20-10-8-7-9-11-20)31-27(32-26)22-14-18-24(19-15-22)29(4,5)6/h10-27H,1-9H3;7-19H,1-6H3. The molecule has 0 amide bonds. The predicted octanol–water partition coefficient (Wildman–Crippen LogP) is 19.8. The second-order valence-corrected chi connectivity index (χ2v) is 25.9. The maximum Gasteiger partial charge on any atom is 0.164 e. The number of hydrogen-bond acceptors (Lipinski definition) is 6. The molecule has 0 saturated heterocycles. The Morgan fingerprint density at radius 2 is 0.543 bits per heavy atom. The summed E-state index contributed by atoms with van der Waals surface area (Å²) in [5, 5.41) is 5.02. The first kappa shape index (κ1) is 55.8. The smallest absolute Gasteiger partial charge is 0.164 e. The SMILES string of the molecule is CC(C)(C)c1ccc(-c2nc(-c3ccccc3)nc(-c3ccc(C(C)(C)C)cc3)n2)cc1.Cc1ccc2c(-c3ccccc3-c3nc(-c4ccc(C(C)(C)C)cc4)nc(-c4ccc(C(C)(C)C)cc4)n3)c3cc(C)ccc3c(C)c2c1. The Morgan fingerprint density at radius 3 is 0.901 bits per heavy atom. The van der Waals surface area contributed by atoms with E-state index in [4.69, 9.17) is 29.9 Å². The Bertz CT molecular complexity index is 3900. The average molecular weight is 1060 g/mol. The molecule has 0 bridgehead atoms. The number of rotatable bonds is 7. The minimum absolute atomic E-state index is 0.0537. The summed E-state index contributed by atoms with van der Waals surface area (Å²) in [7, 11) is 0. The summed E-state index contributed by atoms with van der Waals surface area (Å²) in [6.45, 7) is 33.3. The normalized spacial score (nSPS) is 12.1. The molecule has 0 unspecified atom stereocenters. The van der Waals surface area contributed by atoms with E-state index in [9.17, 15) is 0 Å². The topological polar surface area (TPSA) is 77.3 Å². The lowest BCUT2D eigenvalue weighted by atomic mass is 9.86. The highest BCUT2D eigenvalue weighted by molar-refractivity contribution is 6.16. The van der Waals surface area contributed by atoms with Crippen LogP contribution in [-0.4, -0.2) is 29.9 Å². The third kappa shape index (κ3) is 12.2. The average Bonchev–Trinajstić information content (AvgIpc) is 3.62. The van der Waals surface area contributed by atoms with Gasteiger partial charge in [0.2, 0.25) is 0 Å². The fourth-order valence-electron chi connectivity index (χ4n) is 10.4. The molecule has 2 heterocycles. The predicted molar refractivity (Wildman–Crippen MR) is 342 cm³/mol. The largest absolute Gasteiger partial charge is 0.208 e. The van der Waals surface area contributed by atoms with Crippen molar-refractivity contribution in [2.24, 2.45) is 0 Å². The summed E-state index contributed by atoms with van der Waals surface area (Å²) in [5.41, 5.74) is 17.4. The van der Waals surface area contributed by atoms with E-state index in [0.29, 0.717) is 34.9 Å². The number of hydrogen-bond donors (Lipinski definition) is 0. The molecule has 0 fully saturated rings. The van der Waals surface area contributed by atoms with E-state index >= 15 is 0 Å². The van der Waals surface area contributed by atoms with Crippen molar-refractivity contribution in [1.82, 2.24) is 29.9 Å².